The molecule has 6 heteroatoms. The first-order valence-electron chi connectivity index (χ1n) is 9.48. The average Bonchev–Trinajstić information content (AvgIpc) is 3.25. The van der Waals surface area contributed by atoms with E-state index in [1.807, 2.05) is 12.3 Å². The zero-order valence-corrected chi connectivity index (χ0v) is 16.7. The minimum Gasteiger partial charge on any atom is -0.361 e. The van der Waals surface area contributed by atoms with Crippen LogP contribution in [-0.4, -0.2) is 22.6 Å². The molecule has 1 heterocycles. The summed E-state index contributed by atoms with van der Waals surface area (Å²) >= 11 is 0. The van der Waals surface area contributed by atoms with Crippen molar-refractivity contribution in [2.45, 2.75) is 13.0 Å². The molecule has 0 radical (unpaired) electrons. The second-order valence-corrected chi connectivity index (χ2v) is 6.42. The number of hydrogen-bond donors (Lipinski definition) is 4. The van der Waals surface area contributed by atoms with Crippen molar-refractivity contribution in [3.63, 3.8) is 0 Å². The molecule has 0 aliphatic carbocycles. The van der Waals surface area contributed by atoms with Gasteiger partial charge in [0, 0.05) is 29.9 Å². The molecule has 0 saturated carbocycles. The number of halogens is 1. The van der Waals surface area contributed by atoms with Crippen LogP contribution in [0.25, 0.3) is 17.0 Å². The number of benzene rings is 2. The zero-order valence-electron chi connectivity index (χ0n) is 16.7. The van der Waals surface area contributed by atoms with Crippen molar-refractivity contribution in [3.05, 3.63) is 103 Å². The van der Waals surface area contributed by atoms with Crippen LogP contribution in [0.4, 0.5) is 4.39 Å². The monoisotopic (exact) mass is 407 g/mol. The van der Waals surface area contributed by atoms with Crippen molar-refractivity contribution in [2.24, 2.45) is 0 Å². The van der Waals surface area contributed by atoms with E-state index in [9.17, 15) is 9.18 Å². The van der Waals surface area contributed by atoms with Gasteiger partial charge in [-0.15, -0.1) is 0 Å². The Balaban J connectivity index is 0.000000735. The number of H-pyrrole nitrogens is 1. The molecule has 4 N–H and O–H groups in total. The van der Waals surface area contributed by atoms with Gasteiger partial charge >= 0.3 is 0 Å². The fourth-order valence-electron chi connectivity index (χ4n) is 2.83. The summed E-state index contributed by atoms with van der Waals surface area (Å²) in [6, 6.07) is 13.1. The highest BCUT2D eigenvalue weighted by molar-refractivity contribution is 5.90. The predicted octanol–water partition coefficient (Wildman–Crippen LogP) is 4.52. The van der Waals surface area contributed by atoms with E-state index in [1.54, 1.807) is 24.3 Å². The Hall–Kier alpha value is -3.48. The first-order chi connectivity index (χ1) is 14.6. The van der Waals surface area contributed by atoms with Crippen molar-refractivity contribution in [3.8, 4) is 0 Å². The Morgan fingerprint density at radius 1 is 1.17 bits per heavy atom. The van der Waals surface area contributed by atoms with Gasteiger partial charge in [0.25, 0.3) is 5.91 Å². The molecule has 0 unspecified atom stereocenters. The van der Waals surface area contributed by atoms with Gasteiger partial charge in [0.2, 0.25) is 0 Å². The van der Waals surface area contributed by atoms with Gasteiger partial charge in [-0.25, -0.2) is 9.87 Å². The molecule has 156 valence electrons. The van der Waals surface area contributed by atoms with Crippen LogP contribution in [0.1, 0.15) is 16.7 Å². The summed E-state index contributed by atoms with van der Waals surface area (Å²) in [4.78, 5) is 14.2. The summed E-state index contributed by atoms with van der Waals surface area (Å²) in [5, 5.41) is 12.9. The number of hydroxylamine groups is 1. The van der Waals surface area contributed by atoms with Crippen LogP contribution in [0.2, 0.25) is 0 Å². The number of carbonyl (C=O) groups excluding carboxylic acids is 1. The minimum absolute atomic E-state index is 0.288. The maximum Gasteiger partial charge on any atom is 0.267 e. The van der Waals surface area contributed by atoms with E-state index >= 15 is 0 Å². The number of carbonyl (C=O) groups is 1. The molecule has 0 aliphatic rings. The van der Waals surface area contributed by atoms with Crippen LogP contribution in [0.5, 0.6) is 0 Å². The van der Waals surface area contributed by atoms with Crippen LogP contribution in [0.3, 0.4) is 0 Å². The predicted molar refractivity (Wildman–Crippen MR) is 119 cm³/mol. The number of nitrogens with one attached hydrogen (secondary N) is 3. The lowest BCUT2D eigenvalue weighted by molar-refractivity contribution is -0.124. The molecule has 0 atom stereocenters. The molecular weight excluding hydrogens is 381 g/mol. The lowest BCUT2D eigenvalue weighted by Gasteiger charge is -2.07. The lowest BCUT2D eigenvalue weighted by Crippen LogP contribution is -2.17. The maximum absolute atomic E-state index is 14.0. The van der Waals surface area contributed by atoms with E-state index < -0.39 is 11.7 Å². The third kappa shape index (κ3) is 6.84. The number of para-hydroxylation sites is 1. The number of aromatic nitrogens is 1. The Morgan fingerprint density at radius 3 is 2.67 bits per heavy atom. The Bertz CT molecular complexity index is 1020. The van der Waals surface area contributed by atoms with Crippen molar-refractivity contribution < 1.29 is 14.4 Å². The molecule has 0 bridgehead atoms. The third-order valence-electron chi connectivity index (χ3n) is 4.33. The summed E-state index contributed by atoms with van der Waals surface area (Å²) in [6.45, 7) is 8.05. The summed E-state index contributed by atoms with van der Waals surface area (Å²) < 4.78 is 14.0. The quantitative estimate of drug-likeness (QED) is 0.146. The molecule has 3 aromatic rings. The summed E-state index contributed by atoms with van der Waals surface area (Å²) in [7, 11) is 0. The van der Waals surface area contributed by atoms with Crippen LogP contribution in [-0.2, 0) is 17.8 Å². The van der Waals surface area contributed by atoms with Crippen LogP contribution in [0.15, 0.2) is 80.0 Å². The Morgan fingerprint density at radius 2 is 1.97 bits per heavy atom. The number of amides is 1. The average molecular weight is 407 g/mol. The molecule has 0 aliphatic heterocycles. The fraction of sp³-hybridized carbons (Fsp3) is 0.125. The van der Waals surface area contributed by atoms with Crippen LogP contribution >= 0.6 is 0 Å². The molecule has 3 rings (SSSR count). The number of rotatable bonds is 8. The molecule has 1 amide bonds. The largest absolute Gasteiger partial charge is 0.361 e. The van der Waals surface area contributed by atoms with E-state index in [4.69, 9.17) is 5.21 Å². The van der Waals surface area contributed by atoms with Crippen LogP contribution in [0, 0.1) is 5.82 Å². The molecule has 0 saturated heterocycles. The number of hydrogen-bond acceptors (Lipinski definition) is 3. The minimum atomic E-state index is -0.702. The van der Waals surface area contributed by atoms with Gasteiger partial charge in [0.05, 0.1) is 0 Å². The highest BCUT2D eigenvalue weighted by Crippen LogP contribution is 2.17. The highest BCUT2D eigenvalue weighted by atomic mass is 19.1. The maximum atomic E-state index is 14.0. The smallest absolute Gasteiger partial charge is 0.267 e. The topological polar surface area (TPSA) is 77.2 Å². The molecule has 30 heavy (non-hydrogen) atoms. The molecule has 2 aromatic carbocycles. The SMILES string of the molecule is C=CC=C.O=C(/C=C/c1ccc(CNCCc2cccc3cc[nH]c23)cc1F)NO. The van der Waals surface area contributed by atoms with Gasteiger partial charge in [0.1, 0.15) is 5.82 Å². The molecule has 0 fully saturated rings. The second kappa shape index (κ2) is 12.2. The normalized spacial score (nSPS) is 10.5. The zero-order chi connectivity index (χ0) is 21.8. The second-order valence-electron chi connectivity index (χ2n) is 6.42. The van der Waals surface area contributed by atoms with Crippen molar-refractivity contribution in [1.82, 2.24) is 15.8 Å². The van der Waals surface area contributed by atoms with E-state index in [-0.39, 0.29) is 5.56 Å². The number of allylic oxidation sites excluding steroid dienone is 2. The van der Waals surface area contributed by atoms with Crippen molar-refractivity contribution in [1.29, 1.82) is 0 Å². The molecular formula is C24H26FN3O2. The van der Waals surface area contributed by atoms with Gasteiger partial charge < -0.3 is 10.3 Å². The molecule has 5 nitrogen and oxygen atoms in total. The van der Waals surface area contributed by atoms with Gasteiger partial charge in [-0.2, -0.15) is 0 Å². The molecule has 1 aromatic heterocycles. The van der Waals surface area contributed by atoms with E-state index in [2.05, 4.69) is 41.7 Å². The summed E-state index contributed by atoms with van der Waals surface area (Å²) in [5.74, 6) is -1.12. The van der Waals surface area contributed by atoms with Gasteiger partial charge in [-0.1, -0.05) is 55.6 Å². The van der Waals surface area contributed by atoms with Gasteiger partial charge in [-0.3, -0.25) is 10.0 Å². The molecule has 0 spiro atoms. The van der Waals surface area contributed by atoms with E-state index in [0.717, 1.165) is 30.1 Å². The first kappa shape index (κ1) is 22.8. The fourth-order valence-corrected chi connectivity index (χ4v) is 2.83. The van der Waals surface area contributed by atoms with Gasteiger partial charge in [-0.05, 0) is 47.7 Å². The third-order valence-corrected chi connectivity index (χ3v) is 4.33. The number of fused-ring (bicyclic) bond motifs is 1. The van der Waals surface area contributed by atoms with Crippen molar-refractivity contribution >= 4 is 22.9 Å². The first-order valence-corrected chi connectivity index (χ1v) is 9.48. The highest BCUT2D eigenvalue weighted by Gasteiger charge is 2.04. The Kier molecular flexibility index (Phi) is 9.24. The summed E-state index contributed by atoms with van der Waals surface area (Å²) in [5.41, 5.74) is 4.97. The summed E-state index contributed by atoms with van der Waals surface area (Å²) in [6.07, 6.45) is 8.47. The van der Waals surface area contributed by atoms with Gasteiger partial charge in [0.15, 0.2) is 0 Å². The van der Waals surface area contributed by atoms with Crippen molar-refractivity contribution in [2.75, 3.05) is 6.54 Å². The lowest BCUT2D eigenvalue weighted by atomic mass is 10.1. The Labute approximate surface area is 175 Å². The standard InChI is InChI=1S/C20H20FN3O2.C4H6/c21-18-12-14(4-5-15(18)6-7-19(25)24-26)13-22-10-8-16-2-1-3-17-9-11-23-20(16)17;1-3-4-2/h1-7,9,11-12,22-23,26H,8,10,13H2,(H,24,25);3-4H,1-2H2/b7-6+;. The van der Waals surface area contributed by atoms with E-state index in [0.29, 0.717) is 6.54 Å². The van der Waals surface area contributed by atoms with Crippen LogP contribution < -0.4 is 10.8 Å². The van der Waals surface area contributed by atoms with E-state index in [1.165, 1.54) is 28.6 Å². The number of aromatic amines is 1.